The fraction of sp³-hybridized carbons (Fsp3) is 0.545. The summed E-state index contributed by atoms with van der Waals surface area (Å²) in [4.78, 5) is 14.4. The van der Waals surface area contributed by atoms with Crippen molar-refractivity contribution in [1.82, 2.24) is 20.7 Å². The van der Waals surface area contributed by atoms with Gasteiger partial charge in [0.2, 0.25) is 5.91 Å². The quantitative estimate of drug-likeness (QED) is 0.636. The second-order valence-corrected chi connectivity index (χ2v) is 7.96. The van der Waals surface area contributed by atoms with Gasteiger partial charge in [-0.2, -0.15) is 0 Å². The van der Waals surface area contributed by atoms with E-state index < -0.39 is 0 Å². The Morgan fingerprint density at radius 3 is 2.93 bits per heavy atom. The molecule has 29 heavy (non-hydrogen) atoms. The summed E-state index contributed by atoms with van der Waals surface area (Å²) in [7, 11) is 4.01. The van der Waals surface area contributed by atoms with Gasteiger partial charge < -0.3 is 24.8 Å². The van der Waals surface area contributed by atoms with Crippen LogP contribution in [0.3, 0.4) is 0 Å². The molecule has 0 radical (unpaired) electrons. The number of benzene rings is 1. The van der Waals surface area contributed by atoms with Crippen molar-refractivity contribution in [1.29, 1.82) is 0 Å². The van der Waals surface area contributed by atoms with E-state index >= 15 is 0 Å². The van der Waals surface area contributed by atoms with Crippen LogP contribution < -0.4 is 15.4 Å². The Hall–Kier alpha value is -2.38. The van der Waals surface area contributed by atoms with E-state index in [0.29, 0.717) is 37.2 Å². The van der Waals surface area contributed by atoms with Gasteiger partial charge in [-0.3, -0.25) is 4.79 Å². The number of piperidine rings is 1. The highest BCUT2D eigenvalue weighted by atomic mass is 16.5. The number of aromatic nitrogens is 1. The summed E-state index contributed by atoms with van der Waals surface area (Å²) in [5.74, 6) is 2.39. The van der Waals surface area contributed by atoms with E-state index in [1.807, 2.05) is 50.5 Å². The van der Waals surface area contributed by atoms with Crippen LogP contribution in [0.1, 0.15) is 24.3 Å². The Morgan fingerprint density at radius 2 is 2.14 bits per heavy atom. The fourth-order valence-corrected chi connectivity index (χ4v) is 3.67. The summed E-state index contributed by atoms with van der Waals surface area (Å²) >= 11 is 0. The van der Waals surface area contributed by atoms with Crippen molar-refractivity contribution in [3.63, 3.8) is 0 Å². The molecular weight excluding hydrogens is 368 g/mol. The molecule has 1 aromatic heterocycles. The number of ether oxygens (including phenoxy) is 1. The molecule has 2 atom stereocenters. The standard InChI is InChI=1S/C22H32N4O3/c1-26(2)11-10-24-22(27)13-17-8-9-23-15-18(17)12-19-14-21(29-25-19)16-28-20-6-4-3-5-7-20/h3-7,14,17-18,23H,8-13,15-16H2,1-2H3,(H,24,27)/t17-,18-/m0/s1. The maximum absolute atomic E-state index is 12.3. The number of amides is 1. The predicted octanol–water partition coefficient (Wildman–Crippen LogP) is 2.09. The van der Waals surface area contributed by atoms with Gasteiger partial charge in [-0.15, -0.1) is 0 Å². The molecule has 7 nitrogen and oxygen atoms in total. The predicted molar refractivity (Wildman–Crippen MR) is 112 cm³/mol. The molecule has 1 saturated heterocycles. The van der Waals surface area contributed by atoms with Crippen molar-refractivity contribution < 1.29 is 14.1 Å². The van der Waals surface area contributed by atoms with E-state index in [4.69, 9.17) is 9.26 Å². The monoisotopic (exact) mass is 400 g/mol. The average molecular weight is 401 g/mol. The van der Waals surface area contributed by atoms with Crippen molar-refractivity contribution in [2.45, 2.75) is 25.9 Å². The lowest BCUT2D eigenvalue weighted by Gasteiger charge is -2.31. The smallest absolute Gasteiger partial charge is 0.220 e. The van der Waals surface area contributed by atoms with Gasteiger partial charge in [0.25, 0.3) is 0 Å². The number of nitrogens with one attached hydrogen (secondary N) is 2. The minimum atomic E-state index is 0.140. The van der Waals surface area contributed by atoms with Gasteiger partial charge in [0.15, 0.2) is 5.76 Å². The average Bonchev–Trinajstić information content (AvgIpc) is 3.16. The van der Waals surface area contributed by atoms with E-state index in [1.165, 1.54) is 0 Å². The van der Waals surface area contributed by atoms with E-state index in [0.717, 1.165) is 43.9 Å². The number of nitrogens with zero attached hydrogens (tertiary/aromatic N) is 2. The Morgan fingerprint density at radius 1 is 1.31 bits per heavy atom. The molecule has 0 spiro atoms. The molecule has 158 valence electrons. The van der Waals surface area contributed by atoms with Gasteiger partial charge >= 0.3 is 0 Å². The zero-order valence-corrected chi connectivity index (χ0v) is 17.4. The maximum atomic E-state index is 12.3. The number of rotatable bonds is 10. The molecular formula is C22H32N4O3. The summed E-state index contributed by atoms with van der Waals surface area (Å²) in [6.45, 7) is 3.76. The lowest BCUT2D eigenvalue weighted by Crippen LogP contribution is -2.41. The van der Waals surface area contributed by atoms with Crippen molar-refractivity contribution in [2.24, 2.45) is 11.8 Å². The molecule has 0 saturated carbocycles. The molecule has 1 aliphatic rings. The third-order valence-electron chi connectivity index (χ3n) is 5.30. The summed E-state index contributed by atoms with van der Waals surface area (Å²) in [5, 5.41) is 10.7. The van der Waals surface area contributed by atoms with Crippen molar-refractivity contribution in [2.75, 3.05) is 40.3 Å². The number of likely N-dealkylation sites (N-methyl/N-ethyl adjacent to an activating group) is 1. The van der Waals surface area contributed by atoms with Crippen LogP contribution in [-0.4, -0.2) is 56.2 Å². The first-order valence-electron chi connectivity index (χ1n) is 10.3. The van der Waals surface area contributed by atoms with E-state index in [-0.39, 0.29) is 5.91 Å². The number of hydrogen-bond acceptors (Lipinski definition) is 6. The number of hydrogen-bond donors (Lipinski definition) is 2. The summed E-state index contributed by atoms with van der Waals surface area (Å²) in [6.07, 6.45) is 2.38. The van der Waals surface area contributed by atoms with Crippen LogP contribution in [0.4, 0.5) is 0 Å². The largest absolute Gasteiger partial charge is 0.486 e. The maximum Gasteiger partial charge on any atom is 0.220 e. The minimum absolute atomic E-state index is 0.140. The molecule has 1 amide bonds. The van der Waals surface area contributed by atoms with Gasteiger partial charge in [0.1, 0.15) is 12.4 Å². The van der Waals surface area contributed by atoms with Crippen LogP contribution in [0.2, 0.25) is 0 Å². The van der Waals surface area contributed by atoms with Gasteiger partial charge in [0.05, 0.1) is 5.69 Å². The topological polar surface area (TPSA) is 79.6 Å². The highest BCUT2D eigenvalue weighted by Gasteiger charge is 2.28. The SMILES string of the molecule is CN(C)CCNC(=O)C[C@@H]1CCNC[C@@H]1Cc1cc(COc2ccccc2)on1. The molecule has 1 aliphatic heterocycles. The van der Waals surface area contributed by atoms with Crippen LogP contribution in [0.15, 0.2) is 40.9 Å². The Bertz CT molecular complexity index is 748. The highest BCUT2D eigenvalue weighted by Crippen LogP contribution is 2.26. The fourth-order valence-electron chi connectivity index (χ4n) is 3.67. The molecule has 1 fully saturated rings. The number of para-hydroxylation sites is 1. The number of carbonyl (C=O) groups is 1. The second-order valence-electron chi connectivity index (χ2n) is 7.96. The first kappa shape index (κ1) is 21.3. The lowest BCUT2D eigenvalue weighted by molar-refractivity contribution is -0.122. The zero-order valence-electron chi connectivity index (χ0n) is 17.4. The van der Waals surface area contributed by atoms with Gasteiger partial charge in [0, 0.05) is 25.6 Å². The van der Waals surface area contributed by atoms with Gasteiger partial charge in [-0.25, -0.2) is 0 Å². The molecule has 2 N–H and O–H groups in total. The lowest BCUT2D eigenvalue weighted by atomic mass is 9.81. The van der Waals surface area contributed by atoms with Crippen LogP contribution in [-0.2, 0) is 17.8 Å². The molecule has 0 aliphatic carbocycles. The van der Waals surface area contributed by atoms with E-state index in [9.17, 15) is 4.79 Å². The molecule has 1 aromatic carbocycles. The third-order valence-corrected chi connectivity index (χ3v) is 5.30. The van der Waals surface area contributed by atoms with Crippen molar-refractivity contribution in [3.8, 4) is 5.75 Å². The third kappa shape index (κ3) is 7.18. The number of carbonyl (C=O) groups excluding carboxylic acids is 1. The van der Waals surface area contributed by atoms with Gasteiger partial charge in [-0.1, -0.05) is 23.4 Å². The summed E-state index contributed by atoms with van der Waals surface area (Å²) < 4.78 is 11.2. The minimum Gasteiger partial charge on any atom is -0.486 e. The first-order valence-corrected chi connectivity index (χ1v) is 10.3. The molecule has 2 heterocycles. The highest BCUT2D eigenvalue weighted by molar-refractivity contribution is 5.76. The Balaban J connectivity index is 1.48. The molecule has 3 rings (SSSR count). The van der Waals surface area contributed by atoms with Crippen LogP contribution in [0.25, 0.3) is 0 Å². The molecule has 0 unspecified atom stereocenters. The Labute approximate surface area is 172 Å². The Kier molecular flexibility index (Phi) is 8.07. The molecule has 0 bridgehead atoms. The normalized spacial score (nSPS) is 19.3. The van der Waals surface area contributed by atoms with E-state index in [2.05, 4.69) is 20.7 Å². The van der Waals surface area contributed by atoms with Gasteiger partial charge in [-0.05, 0) is 64.0 Å². The summed E-state index contributed by atoms with van der Waals surface area (Å²) in [6, 6.07) is 11.6. The first-order chi connectivity index (χ1) is 14.1. The van der Waals surface area contributed by atoms with Crippen LogP contribution >= 0.6 is 0 Å². The molecule has 7 heteroatoms. The van der Waals surface area contributed by atoms with E-state index in [1.54, 1.807) is 0 Å². The van der Waals surface area contributed by atoms with Crippen molar-refractivity contribution in [3.05, 3.63) is 47.9 Å². The zero-order chi connectivity index (χ0) is 20.5. The van der Waals surface area contributed by atoms with Crippen LogP contribution in [0, 0.1) is 11.8 Å². The van der Waals surface area contributed by atoms with Crippen LogP contribution in [0.5, 0.6) is 5.75 Å². The second kappa shape index (κ2) is 11.0. The molecule has 2 aromatic rings. The van der Waals surface area contributed by atoms with Crippen molar-refractivity contribution >= 4 is 5.91 Å². The summed E-state index contributed by atoms with van der Waals surface area (Å²) in [5.41, 5.74) is 0.920.